The lowest BCUT2D eigenvalue weighted by Gasteiger charge is -2.38. The standard InChI is InChI=1S/C23H26F3NO6S/c1-34(30,31)33-20-8-4-18(5-9-20)21(28)10-13-27-14-11-22(29,12-15-27)16-17-2-6-19(7-3-17)32-23(24,25)26/h2-9,29H,10-16H2,1H3. The van der Waals surface area contributed by atoms with Gasteiger partial charge in [-0.3, -0.25) is 4.79 Å². The largest absolute Gasteiger partial charge is 0.573 e. The van der Waals surface area contributed by atoms with E-state index in [2.05, 4.69) is 9.64 Å². The van der Waals surface area contributed by atoms with Gasteiger partial charge in [0.2, 0.25) is 0 Å². The second-order valence-electron chi connectivity index (χ2n) is 8.42. The fourth-order valence-electron chi connectivity index (χ4n) is 3.83. The number of aliphatic hydroxyl groups is 1. The highest BCUT2D eigenvalue weighted by molar-refractivity contribution is 7.86. The van der Waals surface area contributed by atoms with Crippen LogP contribution in [0.4, 0.5) is 13.2 Å². The number of ether oxygens (including phenoxy) is 1. The van der Waals surface area contributed by atoms with Crippen LogP contribution in [0.2, 0.25) is 0 Å². The number of benzene rings is 2. The van der Waals surface area contributed by atoms with Crippen molar-refractivity contribution in [3.63, 3.8) is 0 Å². The maximum absolute atomic E-state index is 12.5. The monoisotopic (exact) mass is 501 g/mol. The second kappa shape index (κ2) is 10.3. The summed E-state index contributed by atoms with van der Waals surface area (Å²) in [5.41, 5.74) is 0.193. The Morgan fingerprint density at radius 2 is 1.59 bits per heavy atom. The van der Waals surface area contributed by atoms with Crippen LogP contribution in [0.15, 0.2) is 48.5 Å². The smallest absolute Gasteiger partial charge is 0.406 e. The van der Waals surface area contributed by atoms with E-state index >= 15 is 0 Å². The molecule has 1 saturated heterocycles. The zero-order valence-corrected chi connectivity index (χ0v) is 19.4. The second-order valence-corrected chi connectivity index (χ2v) is 9.99. The quantitative estimate of drug-likeness (QED) is 0.415. The summed E-state index contributed by atoms with van der Waals surface area (Å²) in [5.74, 6) is -0.259. The van der Waals surface area contributed by atoms with Crippen molar-refractivity contribution in [1.29, 1.82) is 0 Å². The van der Waals surface area contributed by atoms with Gasteiger partial charge >= 0.3 is 16.5 Å². The predicted molar refractivity (Wildman–Crippen MR) is 118 cm³/mol. The zero-order valence-electron chi connectivity index (χ0n) is 18.5. The summed E-state index contributed by atoms with van der Waals surface area (Å²) >= 11 is 0. The molecule has 1 N–H and O–H groups in total. The molecule has 0 bridgehead atoms. The van der Waals surface area contributed by atoms with Crippen molar-refractivity contribution in [1.82, 2.24) is 4.90 Å². The van der Waals surface area contributed by atoms with E-state index in [1.807, 2.05) is 0 Å². The molecule has 1 aliphatic rings. The molecule has 0 aromatic heterocycles. The van der Waals surface area contributed by atoms with Crippen molar-refractivity contribution in [2.75, 3.05) is 25.9 Å². The van der Waals surface area contributed by atoms with Crippen LogP contribution < -0.4 is 8.92 Å². The summed E-state index contributed by atoms with van der Waals surface area (Å²) < 4.78 is 67.8. The summed E-state index contributed by atoms with van der Waals surface area (Å²) in [5, 5.41) is 10.9. The van der Waals surface area contributed by atoms with Crippen LogP contribution in [-0.2, 0) is 16.5 Å². The number of Topliss-reactive ketones (excluding diaryl/α,β-unsaturated/α-hetero) is 1. The molecule has 0 radical (unpaired) electrons. The van der Waals surface area contributed by atoms with E-state index in [-0.39, 0.29) is 23.7 Å². The van der Waals surface area contributed by atoms with Crippen LogP contribution in [0.5, 0.6) is 11.5 Å². The van der Waals surface area contributed by atoms with Gasteiger partial charge in [-0.05, 0) is 54.8 Å². The fraction of sp³-hybridized carbons (Fsp3) is 0.435. The first kappa shape index (κ1) is 26.0. The Balaban J connectivity index is 1.45. The zero-order chi connectivity index (χ0) is 25.0. The number of ketones is 1. The minimum atomic E-state index is -4.75. The van der Waals surface area contributed by atoms with Gasteiger partial charge in [-0.1, -0.05) is 12.1 Å². The minimum absolute atomic E-state index is 0.0899. The molecule has 7 nitrogen and oxygen atoms in total. The average molecular weight is 502 g/mol. The highest BCUT2D eigenvalue weighted by Gasteiger charge is 2.33. The van der Waals surface area contributed by atoms with Crippen molar-refractivity contribution in [2.45, 2.75) is 37.6 Å². The Kier molecular flexibility index (Phi) is 7.89. The van der Waals surface area contributed by atoms with Crippen molar-refractivity contribution in [3.8, 4) is 11.5 Å². The molecule has 0 aliphatic carbocycles. The maximum Gasteiger partial charge on any atom is 0.573 e. The van der Waals surface area contributed by atoms with Gasteiger partial charge in [-0.15, -0.1) is 13.2 Å². The van der Waals surface area contributed by atoms with E-state index in [0.717, 1.165) is 6.26 Å². The van der Waals surface area contributed by atoms with Crippen molar-refractivity contribution in [3.05, 3.63) is 59.7 Å². The number of piperidine rings is 1. The molecule has 34 heavy (non-hydrogen) atoms. The van der Waals surface area contributed by atoms with Crippen LogP contribution in [0.1, 0.15) is 35.2 Å². The van der Waals surface area contributed by atoms with Crippen molar-refractivity contribution < 1.29 is 40.4 Å². The minimum Gasteiger partial charge on any atom is -0.406 e. The Morgan fingerprint density at radius 1 is 1.03 bits per heavy atom. The van der Waals surface area contributed by atoms with Crippen molar-refractivity contribution >= 4 is 15.9 Å². The van der Waals surface area contributed by atoms with E-state index in [1.54, 1.807) is 0 Å². The number of hydrogen-bond acceptors (Lipinski definition) is 7. The van der Waals surface area contributed by atoms with E-state index in [1.165, 1.54) is 48.5 Å². The molecular formula is C23H26F3NO6S. The van der Waals surface area contributed by atoms with Gasteiger partial charge in [0, 0.05) is 38.0 Å². The summed E-state index contributed by atoms with van der Waals surface area (Å²) in [4.78, 5) is 14.5. The summed E-state index contributed by atoms with van der Waals surface area (Å²) in [6, 6.07) is 11.4. The van der Waals surface area contributed by atoms with Crippen molar-refractivity contribution in [2.24, 2.45) is 0 Å². The maximum atomic E-state index is 12.5. The van der Waals surface area contributed by atoms with E-state index in [4.69, 9.17) is 4.18 Å². The lowest BCUT2D eigenvalue weighted by Crippen LogP contribution is -2.46. The third kappa shape index (κ3) is 8.30. The SMILES string of the molecule is CS(=O)(=O)Oc1ccc(C(=O)CCN2CCC(O)(Cc3ccc(OC(F)(F)F)cc3)CC2)cc1. The number of nitrogens with zero attached hydrogens (tertiary/aromatic N) is 1. The lowest BCUT2D eigenvalue weighted by atomic mass is 9.85. The van der Waals surface area contributed by atoms with Gasteiger partial charge in [0.05, 0.1) is 11.9 Å². The Morgan fingerprint density at radius 3 is 2.12 bits per heavy atom. The normalized spacial score (nSPS) is 16.7. The first-order valence-electron chi connectivity index (χ1n) is 10.6. The molecule has 0 unspecified atom stereocenters. The number of likely N-dealkylation sites (tertiary alicyclic amines) is 1. The molecule has 1 heterocycles. The lowest BCUT2D eigenvalue weighted by molar-refractivity contribution is -0.274. The first-order chi connectivity index (χ1) is 15.8. The number of hydrogen-bond donors (Lipinski definition) is 1. The number of carbonyl (C=O) groups excluding carboxylic acids is 1. The Hall–Kier alpha value is -2.63. The van der Waals surface area contributed by atoms with Gasteiger partial charge < -0.3 is 18.9 Å². The highest BCUT2D eigenvalue weighted by Crippen LogP contribution is 2.28. The summed E-state index contributed by atoms with van der Waals surface area (Å²) in [6.07, 6.45) is -2.28. The molecule has 2 aromatic rings. The molecule has 0 saturated carbocycles. The van der Waals surface area contributed by atoms with Gasteiger partial charge in [0.1, 0.15) is 11.5 Å². The molecule has 1 fully saturated rings. The molecular weight excluding hydrogens is 475 g/mol. The number of rotatable bonds is 9. The highest BCUT2D eigenvalue weighted by atomic mass is 32.2. The van der Waals surface area contributed by atoms with Gasteiger partial charge in [0.25, 0.3) is 0 Å². The number of carbonyl (C=O) groups is 1. The predicted octanol–water partition coefficient (Wildman–Crippen LogP) is 3.57. The molecule has 0 amide bonds. The van der Waals surface area contributed by atoms with E-state index < -0.39 is 22.1 Å². The Labute approximate surface area is 196 Å². The third-order valence-corrected chi connectivity index (χ3v) is 6.05. The molecule has 2 aromatic carbocycles. The van der Waals surface area contributed by atoms with E-state index in [9.17, 15) is 31.5 Å². The molecule has 1 aliphatic heterocycles. The molecule has 3 rings (SSSR count). The molecule has 0 atom stereocenters. The van der Waals surface area contributed by atoms with Gasteiger partial charge in [-0.25, -0.2) is 0 Å². The van der Waals surface area contributed by atoms with Crippen LogP contribution in [0.3, 0.4) is 0 Å². The van der Waals surface area contributed by atoms with Crippen LogP contribution in [-0.4, -0.2) is 62.1 Å². The van der Waals surface area contributed by atoms with Crippen LogP contribution >= 0.6 is 0 Å². The van der Waals surface area contributed by atoms with E-state index in [0.29, 0.717) is 50.0 Å². The molecule has 186 valence electrons. The van der Waals surface area contributed by atoms with Gasteiger partial charge in [0.15, 0.2) is 5.78 Å². The number of alkyl halides is 3. The first-order valence-corrected chi connectivity index (χ1v) is 12.4. The third-order valence-electron chi connectivity index (χ3n) is 5.56. The fourth-order valence-corrected chi connectivity index (χ4v) is 4.29. The average Bonchev–Trinajstić information content (AvgIpc) is 2.73. The Bertz CT molecular complexity index is 1080. The molecule has 11 heteroatoms. The van der Waals surface area contributed by atoms with Crippen LogP contribution in [0, 0.1) is 0 Å². The van der Waals surface area contributed by atoms with Crippen LogP contribution in [0.25, 0.3) is 0 Å². The topological polar surface area (TPSA) is 93.1 Å². The summed E-state index contributed by atoms with van der Waals surface area (Å²) in [7, 11) is -3.63. The summed E-state index contributed by atoms with van der Waals surface area (Å²) in [6.45, 7) is 1.68. The van der Waals surface area contributed by atoms with Gasteiger partial charge in [-0.2, -0.15) is 8.42 Å². The number of halogens is 3. The molecule has 0 spiro atoms.